The molecule has 1 aliphatic rings. The quantitative estimate of drug-likeness (QED) is 0.280. The van der Waals surface area contributed by atoms with Gasteiger partial charge in [0.25, 0.3) is 0 Å². The van der Waals surface area contributed by atoms with Crippen molar-refractivity contribution in [2.45, 2.75) is 89.1 Å². The van der Waals surface area contributed by atoms with Crippen LogP contribution in [0.3, 0.4) is 0 Å². The van der Waals surface area contributed by atoms with Gasteiger partial charge in [0, 0.05) is 13.0 Å². The van der Waals surface area contributed by atoms with Gasteiger partial charge in [-0.3, -0.25) is 4.79 Å². The average molecular weight is 456 g/mol. The zero-order valence-electron chi connectivity index (χ0n) is 18.9. The maximum Gasteiger partial charge on any atom is 0.229 e. The van der Waals surface area contributed by atoms with Crippen molar-refractivity contribution in [1.29, 1.82) is 0 Å². The second-order valence-electron chi connectivity index (χ2n) is 8.09. The first kappa shape index (κ1) is 26.3. The predicted octanol–water partition coefficient (Wildman–Crippen LogP) is 1.24. The lowest BCUT2D eigenvalue weighted by Gasteiger charge is -2.39. The topological polar surface area (TPSA) is 138 Å². The van der Waals surface area contributed by atoms with Crippen molar-refractivity contribution in [2.24, 2.45) is 0 Å². The minimum absolute atomic E-state index is 0.00102. The maximum absolute atomic E-state index is 12.1. The Kier molecular flexibility index (Phi) is 11.2. The molecule has 1 saturated heterocycles. The molecule has 9 heteroatoms. The number of amides is 1. The van der Waals surface area contributed by atoms with Crippen LogP contribution in [0.1, 0.15) is 57.4 Å². The molecule has 2 rings (SSSR count). The number of nitrogens with one attached hydrogen (secondary N) is 1. The van der Waals surface area contributed by atoms with Crippen molar-refractivity contribution in [1.82, 2.24) is 5.32 Å². The number of methoxy groups -OCH3 is 1. The van der Waals surface area contributed by atoms with Crippen LogP contribution in [0.2, 0.25) is 0 Å². The van der Waals surface area contributed by atoms with E-state index in [1.165, 1.54) is 26.4 Å². The van der Waals surface area contributed by atoms with Crippen LogP contribution in [-0.4, -0.2) is 70.8 Å². The van der Waals surface area contributed by atoms with Crippen LogP contribution in [-0.2, 0) is 16.1 Å². The van der Waals surface area contributed by atoms with E-state index < -0.39 is 37.3 Å². The van der Waals surface area contributed by atoms with E-state index in [0.717, 1.165) is 24.8 Å². The molecular weight excluding hydrogens is 418 g/mol. The lowest BCUT2D eigenvalue weighted by Crippen LogP contribution is -2.60. The Morgan fingerprint density at radius 3 is 2.44 bits per heavy atom. The predicted molar refractivity (Wildman–Crippen MR) is 117 cm³/mol. The molecule has 1 heterocycles. The molecule has 1 aliphatic heterocycles. The van der Waals surface area contributed by atoms with Gasteiger partial charge in [0.15, 0.2) is 11.5 Å². The van der Waals surface area contributed by atoms with Crippen LogP contribution in [0, 0.1) is 0 Å². The number of unbranched alkanes of at least 4 members (excludes halogenated alkanes) is 5. The summed E-state index contributed by atoms with van der Waals surface area (Å²) in [5.74, 6) is 0.602. The fourth-order valence-electron chi connectivity index (χ4n) is 3.56. The second-order valence-corrected chi connectivity index (χ2v) is 8.09. The van der Waals surface area contributed by atoms with E-state index in [1.807, 2.05) is 0 Å². The summed E-state index contributed by atoms with van der Waals surface area (Å²) in [5.41, 5.74) is 0.805. The van der Waals surface area contributed by atoms with E-state index >= 15 is 0 Å². The molecule has 0 aliphatic carbocycles. The first-order chi connectivity index (χ1) is 15.4. The molecule has 0 bridgehead atoms. The third kappa shape index (κ3) is 7.60. The molecule has 1 aromatic rings. The Hall–Kier alpha value is -1.91. The van der Waals surface area contributed by atoms with E-state index in [9.17, 15) is 25.2 Å². The van der Waals surface area contributed by atoms with Gasteiger partial charge < -0.3 is 40.0 Å². The molecule has 0 saturated carbocycles. The van der Waals surface area contributed by atoms with Crippen molar-refractivity contribution in [3.63, 3.8) is 0 Å². The molecule has 1 amide bonds. The Morgan fingerprint density at radius 1 is 1.03 bits per heavy atom. The summed E-state index contributed by atoms with van der Waals surface area (Å²) >= 11 is 0. The Labute approximate surface area is 189 Å². The fraction of sp³-hybridized carbons (Fsp3) is 0.696. The number of ether oxygens (including phenoxy) is 3. The molecule has 0 unspecified atom stereocenters. The van der Waals surface area contributed by atoms with Gasteiger partial charge in [0.1, 0.15) is 24.4 Å². The highest BCUT2D eigenvalue weighted by Crippen LogP contribution is 2.32. The smallest absolute Gasteiger partial charge is 0.229 e. The summed E-state index contributed by atoms with van der Waals surface area (Å²) in [4.78, 5) is 12.1. The van der Waals surface area contributed by atoms with Crippen molar-refractivity contribution in [2.75, 3.05) is 13.7 Å². The minimum atomic E-state index is -1.53. The van der Waals surface area contributed by atoms with Crippen molar-refractivity contribution in [3.8, 4) is 11.5 Å². The van der Waals surface area contributed by atoms with E-state index in [1.54, 1.807) is 18.2 Å². The van der Waals surface area contributed by atoms with Crippen molar-refractivity contribution in [3.05, 3.63) is 23.8 Å². The van der Waals surface area contributed by atoms with Crippen LogP contribution in [0.4, 0.5) is 0 Å². The summed E-state index contributed by atoms with van der Waals surface area (Å²) in [7, 11) is 1.45. The standard InChI is InChI=1S/C23H37NO8/c1-3-4-5-6-7-8-9-19(26)24-13-15-10-11-16(17(12-15)30-2)31-23-22(29)21(28)20(27)18(14-25)32-23/h10-12,18,20-23,25,27-29H,3-9,13-14H2,1-2H3,(H,24,26)/t18-,20-,21+,22-,23+/m1/s1. The molecule has 32 heavy (non-hydrogen) atoms. The average Bonchev–Trinajstić information content (AvgIpc) is 2.80. The Morgan fingerprint density at radius 2 is 1.75 bits per heavy atom. The van der Waals surface area contributed by atoms with E-state index in [2.05, 4.69) is 12.2 Å². The SMILES string of the molecule is CCCCCCCCC(=O)NCc1ccc(O[C@H]2O[C@H](CO)[C@@H](O)[C@H](O)[C@H]2O)c(OC)c1. The maximum atomic E-state index is 12.1. The van der Waals surface area contributed by atoms with E-state index in [4.69, 9.17) is 14.2 Å². The monoisotopic (exact) mass is 455 g/mol. The van der Waals surface area contributed by atoms with Gasteiger partial charge in [-0.15, -0.1) is 0 Å². The van der Waals surface area contributed by atoms with Gasteiger partial charge in [-0.2, -0.15) is 0 Å². The van der Waals surface area contributed by atoms with Gasteiger partial charge in [0.05, 0.1) is 13.7 Å². The van der Waals surface area contributed by atoms with Crippen LogP contribution >= 0.6 is 0 Å². The molecule has 9 nitrogen and oxygen atoms in total. The molecule has 1 fully saturated rings. The van der Waals surface area contributed by atoms with Gasteiger partial charge in [-0.25, -0.2) is 0 Å². The number of hydrogen-bond donors (Lipinski definition) is 5. The number of benzene rings is 1. The highest BCUT2D eigenvalue weighted by molar-refractivity contribution is 5.75. The number of hydrogen-bond acceptors (Lipinski definition) is 8. The molecule has 182 valence electrons. The summed E-state index contributed by atoms with van der Waals surface area (Å²) in [6, 6.07) is 5.05. The van der Waals surface area contributed by atoms with Crippen LogP contribution in [0.5, 0.6) is 11.5 Å². The Bertz CT molecular complexity index is 699. The van der Waals surface area contributed by atoms with E-state index in [0.29, 0.717) is 18.7 Å². The van der Waals surface area contributed by atoms with Gasteiger partial charge >= 0.3 is 0 Å². The lowest BCUT2D eigenvalue weighted by molar-refractivity contribution is -0.277. The molecule has 0 aromatic heterocycles. The number of rotatable bonds is 13. The van der Waals surface area contributed by atoms with Gasteiger partial charge in [-0.05, 0) is 24.1 Å². The van der Waals surface area contributed by atoms with Crippen LogP contribution in [0.25, 0.3) is 0 Å². The van der Waals surface area contributed by atoms with Crippen LogP contribution < -0.4 is 14.8 Å². The largest absolute Gasteiger partial charge is 0.493 e. The van der Waals surface area contributed by atoms with Gasteiger partial charge in [0.2, 0.25) is 12.2 Å². The van der Waals surface area contributed by atoms with Gasteiger partial charge in [-0.1, -0.05) is 45.1 Å². The number of carbonyl (C=O) groups excluding carboxylic acids is 1. The summed E-state index contributed by atoms with van der Waals surface area (Å²) in [6.45, 7) is 1.97. The van der Waals surface area contributed by atoms with Crippen molar-refractivity contribution < 1.29 is 39.4 Å². The third-order valence-electron chi connectivity index (χ3n) is 5.57. The molecule has 0 spiro atoms. The Balaban J connectivity index is 1.87. The molecular formula is C23H37NO8. The highest BCUT2D eigenvalue weighted by Gasteiger charge is 2.44. The fourth-order valence-corrected chi connectivity index (χ4v) is 3.56. The normalized spacial score (nSPS) is 25.4. The highest BCUT2D eigenvalue weighted by atomic mass is 16.7. The first-order valence-corrected chi connectivity index (χ1v) is 11.3. The minimum Gasteiger partial charge on any atom is -0.493 e. The molecule has 1 aromatic carbocycles. The summed E-state index contributed by atoms with van der Waals surface area (Å²) in [6.07, 6.45) is 0.394. The van der Waals surface area contributed by atoms with E-state index in [-0.39, 0.29) is 11.7 Å². The lowest BCUT2D eigenvalue weighted by atomic mass is 9.99. The number of aliphatic hydroxyl groups is 4. The molecule has 5 N–H and O–H groups in total. The van der Waals surface area contributed by atoms with Crippen molar-refractivity contribution >= 4 is 5.91 Å². The number of carbonyl (C=O) groups is 1. The second kappa shape index (κ2) is 13.6. The zero-order chi connectivity index (χ0) is 23.5. The molecule has 0 radical (unpaired) electrons. The van der Waals surface area contributed by atoms with Crippen LogP contribution in [0.15, 0.2) is 18.2 Å². The zero-order valence-corrected chi connectivity index (χ0v) is 18.9. The molecule has 5 atom stereocenters. The summed E-state index contributed by atoms with van der Waals surface area (Å²) < 4.78 is 16.4. The number of aliphatic hydroxyl groups excluding tert-OH is 4. The first-order valence-electron chi connectivity index (χ1n) is 11.3. The summed E-state index contributed by atoms with van der Waals surface area (Å²) in [5, 5.41) is 42.1. The third-order valence-corrected chi connectivity index (χ3v) is 5.57.